The fourth-order valence-corrected chi connectivity index (χ4v) is 2.33. The second-order valence-corrected chi connectivity index (χ2v) is 5.31. The maximum absolute atomic E-state index is 4.19. The van der Waals surface area contributed by atoms with Crippen molar-refractivity contribution in [2.24, 2.45) is 5.92 Å². The van der Waals surface area contributed by atoms with Crippen LogP contribution in [0.15, 0.2) is 54.9 Å². The third kappa shape index (κ3) is 3.65. The zero-order valence-corrected chi connectivity index (χ0v) is 11.9. The van der Waals surface area contributed by atoms with Crippen molar-refractivity contribution in [1.82, 2.24) is 10.3 Å². The van der Waals surface area contributed by atoms with Gasteiger partial charge in [0.05, 0.1) is 0 Å². The van der Waals surface area contributed by atoms with Crippen LogP contribution in [-0.4, -0.2) is 4.98 Å². The summed E-state index contributed by atoms with van der Waals surface area (Å²) in [5.41, 5.74) is 2.57. The first kappa shape index (κ1) is 13.8. The standard InChI is InChI=1S/C17H22N2/c1-13(2)17(15-8-5-4-6-9-15)19-14(3)16-10-7-11-18-12-16/h4-14,17,19H,1-3H3/t14-,17?/m0/s1. The fraction of sp³-hybridized carbons (Fsp3) is 0.353. The van der Waals surface area contributed by atoms with Crippen molar-refractivity contribution < 1.29 is 0 Å². The molecule has 19 heavy (non-hydrogen) atoms. The van der Waals surface area contributed by atoms with Crippen LogP contribution in [0.5, 0.6) is 0 Å². The lowest BCUT2D eigenvalue weighted by atomic mass is 9.94. The highest BCUT2D eigenvalue weighted by atomic mass is 15.0. The Morgan fingerprint density at radius 1 is 0.895 bits per heavy atom. The average molecular weight is 254 g/mol. The predicted octanol–water partition coefficient (Wildman–Crippen LogP) is 4.13. The molecule has 0 saturated heterocycles. The van der Waals surface area contributed by atoms with E-state index >= 15 is 0 Å². The minimum absolute atomic E-state index is 0.293. The van der Waals surface area contributed by atoms with E-state index in [2.05, 4.69) is 67.5 Å². The summed E-state index contributed by atoms with van der Waals surface area (Å²) in [6.07, 6.45) is 3.74. The highest BCUT2D eigenvalue weighted by Gasteiger charge is 2.18. The topological polar surface area (TPSA) is 24.9 Å². The van der Waals surface area contributed by atoms with Gasteiger partial charge in [-0.1, -0.05) is 50.2 Å². The number of rotatable bonds is 5. The van der Waals surface area contributed by atoms with Gasteiger partial charge in [-0.15, -0.1) is 0 Å². The zero-order chi connectivity index (χ0) is 13.7. The van der Waals surface area contributed by atoms with Crippen molar-refractivity contribution in [3.8, 4) is 0 Å². The van der Waals surface area contributed by atoms with Crippen LogP contribution in [0.4, 0.5) is 0 Å². The van der Waals surface area contributed by atoms with Crippen molar-refractivity contribution in [1.29, 1.82) is 0 Å². The molecule has 2 nitrogen and oxygen atoms in total. The van der Waals surface area contributed by atoms with Crippen molar-refractivity contribution >= 4 is 0 Å². The Kier molecular flexibility index (Phi) is 4.69. The number of nitrogens with zero attached hydrogens (tertiary/aromatic N) is 1. The Labute approximate surface area is 115 Å². The average Bonchev–Trinajstić information content (AvgIpc) is 2.46. The molecule has 0 aliphatic rings. The van der Waals surface area contributed by atoms with E-state index < -0.39 is 0 Å². The molecule has 0 fully saturated rings. The van der Waals surface area contributed by atoms with Gasteiger partial charge >= 0.3 is 0 Å². The van der Waals surface area contributed by atoms with Gasteiger partial charge in [0.1, 0.15) is 0 Å². The second kappa shape index (κ2) is 6.48. The van der Waals surface area contributed by atoms with Gasteiger partial charge in [-0.2, -0.15) is 0 Å². The number of pyridine rings is 1. The molecule has 0 amide bonds. The molecule has 1 unspecified atom stereocenters. The normalized spacial score (nSPS) is 14.3. The van der Waals surface area contributed by atoms with E-state index in [9.17, 15) is 0 Å². The van der Waals surface area contributed by atoms with Crippen LogP contribution in [0, 0.1) is 5.92 Å². The van der Waals surface area contributed by atoms with Crippen LogP contribution < -0.4 is 5.32 Å². The lowest BCUT2D eigenvalue weighted by molar-refractivity contribution is 0.374. The quantitative estimate of drug-likeness (QED) is 0.867. The Hall–Kier alpha value is -1.67. The summed E-state index contributed by atoms with van der Waals surface area (Å²) in [4.78, 5) is 4.19. The molecular weight excluding hydrogens is 232 g/mol. The van der Waals surface area contributed by atoms with E-state index in [4.69, 9.17) is 0 Å². The molecular formula is C17H22N2. The third-order valence-electron chi connectivity index (χ3n) is 3.44. The maximum Gasteiger partial charge on any atom is 0.0348 e. The van der Waals surface area contributed by atoms with Gasteiger partial charge in [0.15, 0.2) is 0 Å². The van der Waals surface area contributed by atoms with E-state index in [1.54, 1.807) is 0 Å². The van der Waals surface area contributed by atoms with Crippen molar-refractivity contribution in [3.63, 3.8) is 0 Å². The SMILES string of the molecule is CC(C)C(N[C@@H](C)c1cccnc1)c1ccccc1. The van der Waals surface area contributed by atoms with E-state index in [-0.39, 0.29) is 0 Å². The highest BCUT2D eigenvalue weighted by Crippen LogP contribution is 2.25. The summed E-state index contributed by atoms with van der Waals surface area (Å²) in [6.45, 7) is 6.69. The summed E-state index contributed by atoms with van der Waals surface area (Å²) in [5.74, 6) is 0.543. The van der Waals surface area contributed by atoms with Crippen LogP contribution in [0.1, 0.15) is 44.0 Å². The summed E-state index contributed by atoms with van der Waals surface area (Å²) < 4.78 is 0. The molecule has 0 aliphatic carbocycles. The Morgan fingerprint density at radius 2 is 1.58 bits per heavy atom. The molecule has 2 heteroatoms. The smallest absolute Gasteiger partial charge is 0.0348 e. The Morgan fingerprint density at radius 3 is 2.16 bits per heavy atom. The lowest BCUT2D eigenvalue weighted by Crippen LogP contribution is -2.28. The summed E-state index contributed by atoms with van der Waals surface area (Å²) >= 11 is 0. The number of hydrogen-bond donors (Lipinski definition) is 1. The van der Waals surface area contributed by atoms with E-state index in [1.165, 1.54) is 11.1 Å². The highest BCUT2D eigenvalue weighted by molar-refractivity contribution is 5.21. The van der Waals surface area contributed by atoms with Crippen molar-refractivity contribution in [2.45, 2.75) is 32.9 Å². The first-order valence-corrected chi connectivity index (χ1v) is 6.89. The number of nitrogens with one attached hydrogen (secondary N) is 1. The van der Waals surface area contributed by atoms with Crippen LogP contribution in [0.2, 0.25) is 0 Å². The van der Waals surface area contributed by atoms with Crippen molar-refractivity contribution in [3.05, 3.63) is 66.0 Å². The number of benzene rings is 1. The minimum atomic E-state index is 0.293. The van der Waals surface area contributed by atoms with E-state index in [0.717, 1.165) is 0 Å². The summed E-state index contributed by atoms with van der Waals surface area (Å²) in [5, 5.41) is 3.71. The molecule has 1 heterocycles. The maximum atomic E-state index is 4.19. The molecule has 2 aromatic rings. The zero-order valence-electron chi connectivity index (χ0n) is 11.9. The monoisotopic (exact) mass is 254 g/mol. The largest absolute Gasteiger partial charge is 0.303 e. The van der Waals surface area contributed by atoms with Crippen LogP contribution in [-0.2, 0) is 0 Å². The first-order valence-electron chi connectivity index (χ1n) is 6.89. The van der Waals surface area contributed by atoms with Crippen LogP contribution in [0.25, 0.3) is 0 Å². The van der Waals surface area contributed by atoms with Gasteiger partial charge in [-0.05, 0) is 30.0 Å². The fourth-order valence-electron chi connectivity index (χ4n) is 2.33. The molecule has 100 valence electrons. The summed E-state index contributed by atoms with van der Waals surface area (Å²) in [7, 11) is 0. The molecule has 1 aromatic carbocycles. The molecule has 2 rings (SSSR count). The molecule has 0 radical (unpaired) electrons. The molecule has 0 saturated carbocycles. The molecule has 0 aliphatic heterocycles. The molecule has 1 N–H and O–H groups in total. The lowest BCUT2D eigenvalue weighted by Gasteiger charge is -2.27. The molecule has 0 spiro atoms. The van der Waals surface area contributed by atoms with Crippen molar-refractivity contribution in [2.75, 3.05) is 0 Å². The molecule has 0 bridgehead atoms. The second-order valence-electron chi connectivity index (χ2n) is 5.31. The molecule has 1 aromatic heterocycles. The van der Waals surface area contributed by atoms with E-state index in [0.29, 0.717) is 18.0 Å². The number of aromatic nitrogens is 1. The Bertz CT molecular complexity index is 479. The minimum Gasteiger partial charge on any atom is -0.303 e. The molecule has 2 atom stereocenters. The van der Waals surface area contributed by atoms with Crippen LogP contribution in [0.3, 0.4) is 0 Å². The van der Waals surface area contributed by atoms with Gasteiger partial charge < -0.3 is 5.32 Å². The first-order chi connectivity index (χ1) is 9.18. The van der Waals surface area contributed by atoms with Gasteiger partial charge in [0, 0.05) is 24.5 Å². The van der Waals surface area contributed by atoms with Gasteiger partial charge in [0.2, 0.25) is 0 Å². The Balaban J connectivity index is 2.14. The predicted molar refractivity (Wildman–Crippen MR) is 79.8 cm³/mol. The third-order valence-corrected chi connectivity index (χ3v) is 3.44. The van der Waals surface area contributed by atoms with Crippen LogP contribution >= 0.6 is 0 Å². The summed E-state index contributed by atoms with van der Waals surface area (Å²) in [6, 6.07) is 15.4. The van der Waals surface area contributed by atoms with Gasteiger partial charge in [-0.3, -0.25) is 4.98 Å². The number of hydrogen-bond acceptors (Lipinski definition) is 2. The van der Waals surface area contributed by atoms with Gasteiger partial charge in [-0.25, -0.2) is 0 Å². The van der Waals surface area contributed by atoms with Gasteiger partial charge in [0.25, 0.3) is 0 Å². The van der Waals surface area contributed by atoms with E-state index in [1.807, 2.05) is 18.5 Å².